The Morgan fingerprint density at radius 3 is 1.40 bits per heavy atom. The van der Waals surface area contributed by atoms with Gasteiger partial charge in [0, 0.05) is 22.6 Å². The van der Waals surface area contributed by atoms with E-state index in [0.29, 0.717) is 22.7 Å². The van der Waals surface area contributed by atoms with Crippen LogP contribution in [0, 0.1) is 0 Å². The molecular weight excluding hydrogens is 560 g/mol. The zero-order chi connectivity index (χ0) is 28.9. The largest absolute Gasteiger partial charge is 0.477 e. The van der Waals surface area contributed by atoms with Gasteiger partial charge in [-0.1, -0.05) is 25.3 Å². The van der Waals surface area contributed by atoms with Crippen molar-refractivity contribution >= 4 is 59.1 Å². The molecule has 4 aliphatic heterocycles. The fraction of sp³-hybridized carbons (Fsp3) is 0.231. The van der Waals surface area contributed by atoms with Crippen molar-refractivity contribution in [3.8, 4) is 0 Å². The second kappa shape index (κ2) is 10.4. The van der Waals surface area contributed by atoms with E-state index in [1.165, 1.54) is 59.9 Å². The van der Waals surface area contributed by atoms with Crippen LogP contribution in [-0.4, -0.2) is 89.9 Å². The van der Waals surface area contributed by atoms with Gasteiger partial charge in [0.05, 0.1) is 0 Å². The number of benzene rings is 1. The zero-order valence-electron chi connectivity index (χ0n) is 20.7. The van der Waals surface area contributed by atoms with Crippen LogP contribution in [0.5, 0.6) is 0 Å². The first-order chi connectivity index (χ1) is 19.1. The Hall–Kier alpha value is -4.30. The van der Waals surface area contributed by atoms with Crippen molar-refractivity contribution in [2.75, 3.05) is 11.5 Å². The molecule has 12 nitrogen and oxygen atoms in total. The van der Waals surface area contributed by atoms with Crippen LogP contribution < -0.4 is 10.6 Å². The second-order valence-corrected chi connectivity index (χ2v) is 11.3. The number of fused-ring (bicyclic) bond motifs is 2. The highest BCUT2D eigenvalue weighted by Gasteiger charge is 2.55. The molecule has 4 aliphatic rings. The lowest BCUT2D eigenvalue weighted by Gasteiger charge is -2.49. The summed E-state index contributed by atoms with van der Waals surface area (Å²) in [6.07, 6.45) is 2.80. The lowest BCUT2D eigenvalue weighted by atomic mass is 10.0. The zero-order valence-corrected chi connectivity index (χ0v) is 22.3. The van der Waals surface area contributed by atoms with E-state index in [1.807, 2.05) is 0 Å². The molecule has 0 spiro atoms. The average Bonchev–Trinajstić information content (AvgIpc) is 2.96. The molecule has 0 radical (unpaired) electrons. The molecule has 5 rings (SSSR count). The third-order valence-corrected chi connectivity index (χ3v) is 9.48. The molecule has 4 atom stereocenters. The van der Waals surface area contributed by atoms with Crippen molar-refractivity contribution in [1.82, 2.24) is 20.4 Å². The monoisotopic (exact) mass is 582 g/mol. The number of thioether (sulfide) groups is 2. The Balaban J connectivity index is 1.21. The number of allylic oxidation sites excluding steroid dienone is 2. The number of aliphatic carboxylic acids is 2. The lowest BCUT2D eigenvalue weighted by Crippen LogP contribution is -2.70. The molecule has 0 aromatic heterocycles. The van der Waals surface area contributed by atoms with Gasteiger partial charge in [-0.3, -0.25) is 29.0 Å². The summed E-state index contributed by atoms with van der Waals surface area (Å²) in [4.78, 5) is 76.6. The van der Waals surface area contributed by atoms with Gasteiger partial charge in [0.25, 0.3) is 23.6 Å². The minimum absolute atomic E-state index is 0.138. The molecule has 1 aromatic rings. The number of carboxylic acid groups (broad SMARTS) is 2. The van der Waals surface area contributed by atoms with Crippen molar-refractivity contribution in [3.05, 3.63) is 83.2 Å². The molecule has 40 heavy (non-hydrogen) atoms. The molecule has 4 amide bonds. The highest BCUT2D eigenvalue weighted by Crippen LogP contribution is 2.41. The Bertz CT molecular complexity index is 1360. The Morgan fingerprint density at radius 1 is 0.750 bits per heavy atom. The third kappa shape index (κ3) is 4.29. The fourth-order valence-corrected chi connectivity index (χ4v) is 7.50. The number of β-lactam (4-membered cyclic amide) rings is 2. The molecule has 0 saturated carbocycles. The predicted molar refractivity (Wildman–Crippen MR) is 145 cm³/mol. The van der Waals surface area contributed by atoms with Crippen LogP contribution >= 0.6 is 23.5 Å². The Morgan fingerprint density at radius 2 is 1.10 bits per heavy atom. The number of carbonyl (C=O) groups is 6. The van der Waals surface area contributed by atoms with Gasteiger partial charge >= 0.3 is 11.9 Å². The molecule has 0 bridgehead atoms. The normalized spacial score (nSPS) is 25.2. The van der Waals surface area contributed by atoms with Crippen LogP contribution in [0.15, 0.2) is 72.1 Å². The van der Waals surface area contributed by atoms with Gasteiger partial charge in [0.15, 0.2) is 0 Å². The summed E-state index contributed by atoms with van der Waals surface area (Å²) in [5.41, 5.74) is 0.929. The molecule has 4 N–H and O–H groups in total. The molecule has 0 unspecified atom stereocenters. The average molecular weight is 583 g/mol. The molecule has 1 aromatic carbocycles. The van der Waals surface area contributed by atoms with Gasteiger partial charge in [0.2, 0.25) is 0 Å². The summed E-state index contributed by atoms with van der Waals surface area (Å²) in [7, 11) is 0. The third-order valence-electron chi connectivity index (χ3n) is 6.88. The number of rotatable bonds is 8. The van der Waals surface area contributed by atoms with E-state index in [4.69, 9.17) is 0 Å². The highest BCUT2D eigenvalue weighted by atomic mass is 32.2. The molecule has 4 heterocycles. The maximum absolute atomic E-state index is 12.8. The molecule has 14 heteroatoms. The molecule has 2 fully saturated rings. The number of nitrogens with one attached hydrogen (secondary N) is 2. The van der Waals surface area contributed by atoms with Crippen molar-refractivity contribution in [3.63, 3.8) is 0 Å². The number of nitrogens with zero attached hydrogens (tertiary/aromatic N) is 2. The Labute approximate surface area is 235 Å². The fourth-order valence-electron chi connectivity index (χ4n) is 4.82. The van der Waals surface area contributed by atoms with Crippen molar-refractivity contribution in [2.24, 2.45) is 0 Å². The van der Waals surface area contributed by atoms with E-state index < -0.39 is 58.4 Å². The van der Waals surface area contributed by atoms with Crippen molar-refractivity contribution in [2.45, 2.75) is 22.8 Å². The summed E-state index contributed by atoms with van der Waals surface area (Å²) in [6, 6.07) is 3.75. The van der Waals surface area contributed by atoms with Crippen LogP contribution in [0.2, 0.25) is 0 Å². The van der Waals surface area contributed by atoms with Gasteiger partial charge in [-0.15, -0.1) is 23.5 Å². The number of amides is 4. The van der Waals surface area contributed by atoms with Gasteiger partial charge in [-0.05, 0) is 35.4 Å². The van der Waals surface area contributed by atoms with Crippen LogP contribution in [0.1, 0.15) is 20.7 Å². The van der Waals surface area contributed by atoms with Gasteiger partial charge in [-0.25, -0.2) is 9.59 Å². The van der Waals surface area contributed by atoms with Gasteiger partial charge in [0.1, 0.15) is 34.2 Å². The van der Waals surface area contributed by atoms with Crippen molar-refractivity contribution in [1.29, 1.82) is 0 Å². The molecule has 2 saturated heterocycles. The summed E-state index contributed by atoms with van der Waals surface area (Å²) in [5, 5.41) is 23.2. The number of hydrogen-bond donors (Lipinski definition) is 4. The smallest absolute Gasteiger partial charge is 0.352 e. The van der Waals surface area contributed by atoms with Gasteiger partial charge < -0.3 is 20.8 Å². The van der Waals surface area contributed by atoms with E-state index >= 15 is 0 Å². The van der Waals surface area contributed by atoms with E-state index in [9.17, 15) is 39.0 Å². The maximum atomic E-state index is 12.8. The maximum Gasteiger partial charge on any atom is 0.352 e. The van der Waals surface area contributed by atoms with Crippen LogP contribution in [-0.2, 0) is 19.2 Å². The standard InChI is InChI=1S/C26H22N4O8S2/c1-3-11-9-39-23-15(21(33)29(23)17(11)25(35)36)27-19(31)13-5-7-14(8-6-13)20(32)28-16-22(34)30-18(26(37)38)12(4-2)10-40-24(16)30/h3-8,15-16,23-24H,1-2,9-10H2,(H,27,31)(H,28,32)(H,35,36)(H,37,38)/t15-,16-,23-,24-/m1/s1. The molecule has 0 aliphatic carbocycles. The minimum atomic E-state index is -1.24. The highest BCUT2D eigenvalue weighted by molar-refractivity contribution is 8.00. The minimum Gasteiger partial charge on any atom is -0.477 e. The predicted octanol–water partition coefficient (Wildman–Crippen LogP) is 0.763. The summed E-state index contributed by atoms with van der Waals surface area (Å²) >= 11 is 2.64. The number of hydrogen-bond acceptors (Lipinski definition) is 8. The topological polar surface area (TPSA) is 173 Å². The number of carbonyl (C=O) groups excluding carboxylic acids is 4. The summed E-state index contributed by atoms with van der Waals surface area (Å²) in [6.45, 7) is 7.19. The van der Waals surface area contributed by atoms with Crippen LogP contribution in [0.25, 0.3) is 0 Å². The van der Waals surface area contributed by atoms with Crippen LogP contribution in [0.4, 0.5) is 0 Å². The molecule has 206 valence electrons. The first-order valence-electron chi connectivity index (χ1n) is 11.9. The molecular formula is C26H22N4O8S2. The van der Waals surface area contributed by atoms with Crippen molar-refractivity contribution < 1.29 is 39.0 Å². The van der Waals surface area contributed by atoms with Crippen LogP contribution in [0.3, 0.4) is 0 Å². The first-order valence-corrected chi connectivity index (χ1v) is 14.0. The second-order valence-electron chi connectivity index (χ2n) is 9.07. The SMILES string of the molecule is C=CC1=C(C(=O)O)N2C(=O)[C@@H](NC(=O)c3ccc(C(=O)N[C@@H]4C(=O)N5C(C(=O)O)=C(C=C)CS[C@H]45)cc3)[C@H]2SC1. The summed E-state index contributed by atoms with van der Waals surface area (Å²) in [5.74, 6) is -4.06. The van der Waals surface area contributed by atoms with E-state index in [0.717, 1.165) is 9.80 Å². The van der Waals surface area contributed by atoms with E-state index in [1.54, 1.807) is 0 Å². The first kappa shape index (κ1) is 27.3. The number of carboxylic acids is 2. The Kier molecular flexibility index (Phi) is 7.06. The lowest BCUT2D eigenvalue weighted by molar-refractivity contribution is -0.148. The van der Waals surface area contributed by atoms with Gasteiger partial charge in [-0.2, -0.15) is 0 Å². The van der Waals surface area contributed by atoms with E-state index in [-0.39, 0.29) is 22.5 Å². The summed E-state index contributed by atoms with van der Waals surface area (Å²) < 4.78 is 0. The van der Waals surface area contributed by atoms with E-state index in [2.05, 4.69) is 23.8 Å². The quantitative estimate of drug-likeness (QED) is 0.321.